The van der Waals surface area contributed by atoms with Gasteiger partial charge in [0.2, 0.25) is 5.91 Å². The summed E-state index contributed by atoms with van der Waals surface area (Å²) >= 11 is 9.93. The molecule has 2 fully saturated rings. The van der Waals surface area contributed by atoms with Gasteiger partial charge in [0.1, 0.15) is 11.0 Å². The molecular weight excluding hydrogens is 554 g/mol. The summed E-state index contributed by atoms with van der Waals surface area (Å²) in [6.07, 6.45) is 1.56. The zero-order valence-corrected chi connectivity index (χ0v) is 22.3. The van der Waals surface area contributed by atoms with E-state index in [1.54, 1.807) is 18.2 Å². The maximum Gasteiger partial charge on any atom is 0.251 e. The summed E-state index contributed by atoms with van der Waals surface area (Å²) in [4.78, 5) is 45.6. The van der Waals surface area contributed by atoms with Crippen molar-refractivity contribution in [2.45, 2.75) is 36.8 Å². The number of hydrogen-bond donors (Lipinski definition) is 2. The Balaban J connectivity index is 1.59. The first kappa shape index (κ1) is 23.1. The van der Waals surface area contributed by atoms with E-state index in [4.69, 9.17) is 11.6 Å². The van der Waals surface area contributed by atoms with E-state index >= 15 is 0 Å². The van der Waals surface area contributed by atoms with E-state index < -0.39 is 16.9 Å². The van der Waals surface area contributed by atoms with Crippen LogP contribution in [0.25, 0.3) is 0 Å². The number of rotatable bonds is 2. The van der Waals surface area contributed by atoms with Crippen LogP contribution in [0.4, 0.5) is 11.4 Å². The van der Waals surface area contributed by atoms with Crippen molar-refractivity contribution >= 4 is 56.5 Å². The number of amides is 2. The Morgan fingerprint density at radius 1 is 1.00 bits per heavy atom. The first-order valence-electron chi connectivity index (χ1n) is 12.4. The van der Waals surface area contributed by atoms with Crippen LogP contribution in [-0.2, 0) is 20.5 Å². The average Bonchev–Trinajstić information content (AvgIpc) is 3.61. The van der Waals surface area contributed by atoms with Gasteiger partial charge in [0, 0.05) is 32.4 Å². The second kappa shape index (κ2) is 7.76. The summed E-state index contributed by atoms with van der Waals surface area (Å²) in [6.45, 7) is 2.48. The zero-order chi connectivity index (χ0) is 25.7. The van der Waals surface area contributed by atoms with Crippen LogP contribution in [0.5, 0.6) is 0 Å². The summed E-state index contributed by atoms with van der Waals surface area (Å²) in [6, 6.07) is 18.1. The summed E-state index contributed by atoms with van der Waals surface area (Å²) in [5.41, 5.74) is 1.14. The number of nitrogens with one attached hydrogen (secondary N) is 2. The summed E-state index contributed by atoms with van der Waals surface area (Å²) in [7, 11) is 0. The highest BCUT2D eigenvalue weighted by Gasteiger charge is 2.81. The van der Waals surface area contributed by atoms with E-state index in [0.29, 0.717) is 39.6 Å². The van der Waals surface area contributed by atoms with Gasteiger partial charge in [-0.25, -0.2) is 0 Å². The highest BCUT2D eigenvalue weighted by Crippen LogP contribution is 2.68. The summed E-state index contributed by atoms with van der Waals surface area (Å²) in [5, 5.41) is 6.70. The largest absolute Gasteiger partial charge is 0.325 e. The number of hydrogen-bond acceptors (Lipinski definition) is 4. The molecule has 2 amide bonds. The lowest BCUT2D eigenvalue weighted by molar-refractivity contribution is -0.137. The second-order valence-electron chi connectivity index (χ2n) is 10.3. The monoisotopic (exact) mass is 575 g/mol. The first-order chi connectivity index (χ1) is 17.8. The minimum atomic E-state index is -1.45. The molecule has 3 aromatic rings. The quantitative estimate of drug-likeness (QED) is 0.399. The Bertz CT molecular complexity index is 1540. The Kier molecular flexibility index (Phi) is 4.85. The molecule has 0 aliphatic carbocycles. The third-order valence-corrected chi connectivity index (χ3v) is 9.82. The van der Waals surface area contributed by atoms with Crippen LogP contribution in [0, 0.1) is 12.8 Å². The Hall–Kier alpha value is -3.00. The van der Waals surface area contributed by atoms with Gasteiger partial charge in [0.25, 0.3) is 5.91 Å². The standard InChI is InChI=1S/C29H23BrClN3O3/c1-15-20(31)13-12-19-24(15)33-27(37)29(19)28(18-5-2-3-6-21(18)32-26(28)36)23(22-7-4-14-34(22)29)25(35)16-8-10-17(30)11-9-16/h2-3,5-6,8-13,22-23H,4,7,14H2,1H3,(H,32,36)(H,33,37)/t22-,23+,28+,29+/m1/s1. The van der Waals surface area contributed by atoms with Gasteiger partial charge in [-0.1, -0.05) is 63.9 Å². The van der Waals surface area contributed by atoms with Gasteiger partial charge in [-0.3, -0.25) is 19.3 Å². The number of Topliss-reactive ketones (excluding diaryl/α,β-unsaturated/α-hetero) is 1. The molecule has 0 aromatic heterocycles. The molecular formula is C29H23BrClN3O3. The maximum absolute atomic E-state index is 14.5. The molecule has 6 nitrogen and oxygen atoms in total. The lowest BCUT2D eigenvalue weighted by atomic mass is 9.57. The van der Waals surface area contributed by atoms with Gasteiger partial charge in [0.05, 0.1) is 11.6 Å². The molecule has 4 aliphatic heterocycles. The molecule has 7 rings (SSSR count). The van der Waals surface area contributed by atoms with Crippen molar-refractivity contribution in [3.8, 4) is 0 Å². The fourth-order valence-corrected chi connectivity index (χ4v) is 7.98. The normalized spacial score (nSPS) is 29.4. The third-order valence-electron chi connectivity index (χ3n) is 8.88. The highest BCUT2D eigenvalue weighted by atomic mass is 79.9. The summed E-state index contributed by atoms with van der Waals surface area (Å²) < 4.78 is 0.865. The van der Waals surface area contributed by atoms with Crippen molar-refractivity contribution < 1.29 is 14.4 Å². The number of nitrogens with zero attached hydrogens (tertiary/aromatic N) is 1. The highest BCUT2D eigenvalue weighted by molar-refractivity contribution is 9.10. The lowest BCUT2D eigenvalue weighted by Crippen LogP contribution is -2.62. The molecule has 186 valence electrons. The first-order valence-corrected chi connectivity index (χ1v) is 13.6. The van der Waals surface area contributed by atoms with Crippen molar-refractivity contribution in [1.82, 2.24) is 4.90 Å². The van der Waals surface area contributed by atoms with E-state index in [1.807, 2.05) is 49.4 Å². The van der Waals surface area contributed by atoms with E-state index in [1.165, 1.54) is 0 Å². The van der Waals surface area contributed by atoms with Gasteiger partial charge in [-0.2, -0.15) is 0 Å². The van der Waals surface area contributed by atoms with E-state index in [9.17, 15) is 14.4 Å². The fourth-order valence-electron chi connectivity index (χ4n) is 7.56. The molecule has 0 radical (unpaired) electrons. The van der Waals surface area contributed by atoms with Crippen molar-refractivity contribution in [2.75, 3.05) is 17.2 Å². The molecule has 2 spiro atoms. The number of fused-ring (bicyclic) bond motifs is 7. The number of carbonyl (C=O) groups excluding carboxylic acids is 3. The van der Waals surface area contributed by atoms with E-state index in [2.05, 4.69) is 31.5 Å². The number of anilines is 2. The molecule has 8 heteroatoms. The number of para-hydroxylation sites is 1. The second-order valence-corrected chi connectivity index (χ2v) is 11.6. The van der Waals surface area contributed by atoms with Crippen LogP contribution in [-0.4, -0.2) is 35.1 Å². The topological polar surface area (TPSA) is 78.5 Å². The minimum Gasteiger partial charge on any atom is -0.325 e. The summed E-state index contributed by atoms with van der Waals surface area (Å²) in [5.74, 6) is -1.47. The van der Waals surface area contributed by atoms with E-state index in [0.717, 1.165) is 22.9 Å². The van der Waals surface area contributed by atoms with Crippen LogP contribution in [0.2, 0.25) is 5.02 Å². The fraction of sp³-hybridized carbons (Fsp3) is 0.276. The Morgan fingerprint density at radius 3 is 2.54 bits per heavy atom. The number of halogens is 2. The third kappa shape index (κ3) is 2.62. The minimum absolute atomic E-state index is 0.125. The molecule has 4 aliphatic rings. The van der Waals surface area contributed by atoms with E-state index in [-0.39, 0.29) is 23.6 Å². The van der Waals surface area contributed by atoms with Gasteiger partial charge < -0.3 is 10.6 Å². The molecule has 37 heavy (non-hydrogen) atoms. The van der Waals surface area contributed by atoms with Gasteiger partial charge in [-0.15, -0.1) is 0 Å². The smallest absolute Gasteiger partial charge is 0.251 e. The zero-order valence-electron chi connectivity index (χ0n) is 20.0. The van der Waals surface area contributed by atoms with Crippen LogP contribution in [0.3, 0.4) is 0 Å². The van der Waals surface area contributed by atoms with Gasteiger partial charge in [-0.05, 0) is 61.7 Å². The van der Waals surface area contributed by atoms with Gasteiger partial charge >= 0.3 is 0 Å². The van der Waals surface area contributed by atoms with Crippen LogP contribution in [0.15, 0.2) is 65.1 Å². The van der Waals surface area contributed by atoms with Crippen molar-refractivity contribution in [2.24, 2.45) is 5.92 Å². The number of carbonyl (C=O) groups is 3. The number of benzene rings is 3. The Labute approximate surface area is 227 Å². The van der Waals surface area contributed by atoms with Crippen LogP contribution >= 0.6 is 27.5 Å². The Morgan fingerprint density at radius 2 is 1.76 bits per heavy atom. The molecule has 3 aromatic carbocycles. The van der Waals surface area contributed by atoms with Gasteiger partial charge in [0.15, 0.2) is 5.78 Å². The number of ketones is 1. The SMILES string of the molecule is Cc1c(Cl)ccc2c1NC(=O)[C@@]21N2CCC[C@@H]2[C@@H](C(=O)c2ccc(Br)cc2)[C@@]12C(=O)Nc1ccccc12. The maximum atomic E-state index is 14.5. The van der Waals surface area contributed by atoms with Crippen molar-refractivity contribution in [3.63, 3.8) is 0 Å². The molecule has 2 saturated heterocycles. The molecule has 0 unspecified atom stereocenters. The predicted molar refractivity (Wildman–Crippen MR) is 145 cm³/mol. The molecule has 4 atom stereocenters. The molecule has 4 heterocycles. The van der Waals surface area contributed by atoms with Crippen molar-refractivity contribution in [1.29, 1.82) is 0 Å². The molecule has 0 bridgehead atoms. The lowest BCUT2D eigenvalue weighted by Gasteiger charge is -2.43. The van der Waals surface area contributed by atoms with Crippen LogP contribution < -0.4 is 10.6 Å². The molecule has 2 N–H and O–H groups in total. The molecule has 0 saturated carbocycles. The average molecular weight is 577 g/mol. The van der Waals surface area contributed by atoms with Crippen molar-refractivity contribution in [3.05, 3.63) is 92.4 Å². The van der Waals surface area contributed by atoms with Crippen LogP contribution in [0.1, 0.15) is 39.9 Å². The predicted octanol–water partition coefficient (Wildman–Crippen LogP) is 5.43.